The van der Waals surface area contributed by atoms with Crippen molar-refractivity contribution in [2.75, 3.05) is 13.7 Å². The van der Waals surface area contributed by atoms with Gasteiger partial charge in [-0.05, 0) is 88.7 Å². The van der Waals surface area contributed by atoms with Gasteiger partial charge in [-0.15, -0.1) is 0 Å². The Morgan fingerprint density at radius 1 is 1.09 bits per heavy atom. The second-order valence-corrected chi connectivity index (χ2v) is 8.98. The quantitative estimate of drug-likeness (QED) is 0.171. The van der Waals surface area contributed by atoms with Gasteiger partial charge in [0.1, 0.15) is 24.0 Å². The van der Waals surface area contributed by atoms with Crippen LogP contribution in [0.2, 0.25) is 5.02 Å². The molecule has 0 spiro atoms. The molecule has 0 aliphatic heterocycles. The molecule has 0 radical (unpaired) electrons. The standard InChI is InChI=1S/C27H24ClIN2O4/c1-3-34-25-14-20(13-24(29)26(25)35-17-19-4-8-22(28)9-5-19)12-21(15-30)27(32)31-16-18-6-10-23(33-2)11-7-18/h4-14H,3,16-17H2,1-2H3,(H,31,32)/b21-12-. The minimum Gasteiger partial charge on any atom is -0.497 e. The number of halogens is 2. The monoisotopic (exact) mass is 602 g/mol. The summed E-state index contributed by atoms with van der Waals surface area (Å²) in [6.07, 6.45) is 1.54. The molecule has 0 atom stereocenters. The Bertz CT molecular complexity index is 1240. The summed E-state index contributed by atoms with van der Waals surface area (Å²) in [4.78, 5) is 12.6. The highest BCUT2D eigenvalue weighted by Crippen LogP contribution is 2.35. The third-order valence-electron chi connectivity index (χ3n) is 4.92. The first-order valence-corrected chi connectivity index (χ1v) is 12.3. The van der Waals surface area contributed by atoms with E-state index in [9.17, 15) is 10.1 Å². The van der Waals surface area contributed by atoms with Crippen LogP contribution in [-0.4, -0.2) is 19.6 Å². The van der Waals surface area contributed by atoms with Crippen LogP contribution in [-0.2, 0) is 17.9 Å². The highest BCUT2D eigenvalue weighted by atomic mass is 127. The summed E-state index contributed by atoms with van der Waals surface area (Å²) >= 11 is 8.11. The van der Waals surface area contributed by atoms with E-state index < -0.39 is 5.91 Å². The number of nitriles is 1. The van der Waals surface area contributed by atoms with Crippen molar-refractivity contribution in [1.82, 2.24) is 5.32 Å². The second kappa shape index (κ2) is 13.0. The van der Waals surface area contributed by atoms with Crippen molar-refractivity contribution in [3.8, 4) is 23.3 Å². The fraction of sp³-hybridized carbons (Fsp3) is 0.185. The molecule has 0 saturated heterocycles. The van der Waals surface area contributed by atoms with Gasteiger partial charge in [-0.1, -0.05) is 35.9 Å². The van der Waals surface area contributed by atoms with E-state index in [0.29, 0.717) is 41.8 Å². The lowest BCUT2D eigenvalue weighted by molar-refractivity contribution is -0.117. The minimum absolute atomic E-state index is 0.00778. The number of methoxy groups -OCH3 is 1. The number of amides is 1. The highest BCUT2D eigenvalue weighted by Gasteiger charge is 2.14. The van der Waals surface area contributed by atoms with Gasteiger partial charge in [-0.25, -0.2) is 0 Å². The molecule has 0 aliphatic rings. The number of carbonyl (C=O) groups is 1. The van der Waals surface area contributed by atoms with Crippen LogP contribution in [0.3, 0.4) is 0 Å². The topological polar surface area (TPSA) is 80.6 Å². The van der Waals surface area contributed by atoms with Gasteiger partial charge >= 0.3 is 0 Å². The summed E-state index contributed by atoms with van der Waals surface area (Å²) in [6.45, 7) is 2.96. The van der Waals surface area contributed by atoms with Crippen LogP contribution >= 0.6 is 34.2 Å². The number of nitrogens with one attached hydrogen (secondary N) is 1. The zero-order valence-corrected chi connectivity index (χ0v) is 22.2. The van der Waals surface area contributed by atoms with Crippen molar-refractivity contribution in [3.05, 3.63) is 91.5 Å². The first kappa shape index (κ1) is 26.4. The van der Waals surface area contributed by atoms with E-state index in [-0.39, 0.29) is 5.57 Å². The van der Waals surface area contributed by atoms with Crippen LogP contribution in [0.1, 0.15) is 23.6 Å². The van der Waals surface area contributed by atoms with Crippen molar-refractivity contribution in [2.45, 2.75) is 20.1 Å². The number of hydrogen-bond acceptors (Lipinski definition) is 5. The summed E-state index contributed by atoms with van der Waals surface area (Å²) in [6, 6.07) is 20.4. The highest BCUT2D eigenvalue weighted by molar-refractivity contribution is 14.1. The van der Waals surface area contributed by atoms with Crippen LogP contribution in [0.25, 0.3) is 6.08 Å². The third kappa shape index (κ3) is 7.64. The molecule has 1 amide bonds. The van der Waals surface area contributed by atoms with Gasteiger partial charge in [-0.2, -0.15) is 5.26 Å². The molecule has 0 aliphatic carbocycles. The Labute approximate surface area is 223 Å². The van der Waals surface area contributed by atoms with Gasteiger partial charge in [-0.3, -0.25) is 4.79 Å². The summed E-state index contributed by atoms with van der Waals surface area (Å²) in [5.41, 5.74) is 2.52. The van der Waals surface area contributed by atoms with E-state index in [1.54, 1.807) is 13.2 Å². The minimum atomic E-state index is -0.459. The van der Waals surface area contributed by atoms with E-state index in [1.165, 1.54) is 6.08 Å². The molecule has 3 rings (SSSR count). The maximum atomic E-state index is 12.6. The summed E-state index contributed by atoms with van der Waals surface area (Å²) in [7, 11) is 1.59. The van der Waals surface area contributed by atoms with E-state index in [1.807, 2.05) is 67.6 Å². The maximum absolute atomic E-state index is 12.6. The lowest BCUT2D eigenvalue weighted by atomic mass is 10.1. The molecule has 3 aromatic rings. The van der Waals surface area contributed by atoms with Crippen LogP contribution in [0, 0.1) is 14.9 Å². The Hall–Kier alpha value is -3.22. The molecule has 6 nitrogen and oxygen atoms in total. The number of benzene rings is 3. The maximum Gasteiger partial charge on any atom is 0.262 e. The Balaban J connectivity index is 1.75. The fourth-order valence-corrected chi connectivity index (χ4v) is 4.05. The molecule has 0 bridgehead atoms. The number of ether oxygens (including phenoxy) is 3. The normalized spacial score (nSPS) is 10.9. The molecule has 0 aromatic heterocycles. The number of carbonyl (C=O) groups excluding carboxylic acids is 1. The number of hydrogen-bond donors (Lipinski definition) is 1. The Morgan fingerprint density at radius 3 is 2.40 bits per heavy atom. The van der Waals surface area contributed by atoms with Crippen LogP contribution in [0.4, 0.5) is 0 Å². The zero-order valence-electron chi connectivity index (χ0n) is 19.3. The number of nitrogens with zero attached hydrogens (tertiary/aromatic N) is 1. The summed E-state index contributed by atoms with van der Waals surface area (Å²) in [5, 5.41) is 13.0. The Morgan fingerprint density at radius 2 is 1.77 bits per heavy atom. The molecule has 35 heavy (non-hydrogen) atoms. The first-order valence-electron chi connectivity index (χ1n) is 10.8. The average Bonchev–Trinajstić information content (AvgIpc) is 2.87. The zero-order chi connectivity index (χ0) is 25.2. The molecular formula is C27H24ClIN2O4. The smallest absolute Gasteiger partial charge is 0.262 e. The lowest BCUT2D eigenvalue weighted by Gasteiger charge is -2.15. The van der Waals surface area contributed by atoms with Gasteiger partial charge in [0.15, 0.2) is 11.5 Å². The first-order chi connectivity index (χ1) is 16.9. The predicted octanol–water partition coefficient (Wildman–Crippen LogP) is 6.15. The molecular weight excluding hydrogens is 579 g/mol. The summed E-state index contributed by atoms with van der Waals surface area (Å²) < 4.78 is 17.8. The second-order valence-electron chi connectivity index (χ2n) is 7.38. The molecule has 0 saturated carbocycles. The van der Waals surface area contributed by atoms with Gasteiger partial charge in [0.2, 0.25) is 0 Å². The number of rotatable bonds is 10. The van der Waals surface area contributed by atoms with Gasteiger partial charge in [0, 0.05) is 11.6 Å². The van der Waals surface area contributed by atoms with Crippen molar-refractivity contribution in [1.29, 1.82) is 5.26 Å². The molecule has 8 heteroatoms. The largest absolute Gasteiger partial charge is 0.497 e. The fourth-order valence-electron chi connectivity index (χ4n) is 3.15. The van der Waals surface area contributed by atoms with Crippen molar-refractivity contribution in [2.24, 2.45) is 0 Å². The van der Waals surface area contributed by atoms with Gasteiger partial charge < -0.3 is 19.5 Å². The van der Waals surface area contributed by atoms with Crippen LogP contribution in [0.15, 0.2) is 66.2 Å². The van der Waals surface area contributed by atoms with E-state index >= 15 is 0 Å². The van der Waals surface area contributed by atoms with E-state index in [0.717, 1.165) is 20.4 Å². The molecule has 3 aromatic carbocycles. The predicted molar refractivity (Wildman–Crippen MR) is 145 cm³/mol. The molecule has 1 N–H and O–H groups in total. The molecule has 0 unspecified atom stereocenters. The van der Waals surface area contributed by atoms with Crippen LogP contribution in [0.5, 0.6) is 17.2 Å². The van der Waals surface area contributed by atoms with Crippen molar-refractivity contribution < 1.29 is 19.0 Å². The molecule has 0 fully saturated rings. The summed E-state index contributed by atoms with van der Waals surface area (Å²) in [5.74, 6) is 1.41. The lowest BCUT2D eigenvalue weighted by Crippen LogP contribution is -2.23. The third-order valence-corrected chi connectivity index (χ3v) is 5.97. The Kier molecular flexibility index (Phi) is 9.82. The SMILES string of the molecule is CCOc1cc(/C=C(/C#N)C(=O)NCc2ccc(OC)cc2)cc(I)c1OCc1ccc(Cl)cc1. The molecule has 0 heterocycles. The molecule has 180 valence electrons. The van der Waals surface area contributed by atoms with Crippen molar-refractivity contribution >= 4 is 46.2 Å². The van der Waals surface area contributed by atoms with Crippen LogP contribution < -0.4 is 19.5 Å². The average molecular weight is 603 g/mol. The van der Waals surface area contributed by atoms with E-state index in [2.05, 4.69) is 27.9 Å². The van der Waals surface area contributed by atoms with Gasteiger partial charge in [0.05, 0.1) is 17.3 Å². The van der Waals surface area contributed by atoms with Gasteiger partial charge in [0.25, 0.3) is 5.91 Å². The van der Waals surface area contributed by atoms with E-state index in [4.69, 9.17) is 25.8 Å². The van der Waals surface area contributed by atoms with Crippen molar-refractivity contribution in [3.63, 3.8) is 0 Å².